The molecule has 0 radical (unpaired) electrons. The van der Waals surface area contributed by atoms with E-state index in [-0.39, 0.29) is 25.7 Å². The Morgan fingerprint density at radius 2 is 0.635 bits per heavy atom. The lowest BCUT2D eigenvalue weighted by Crippen LogP contribution is -2.30. The van der Waals surface area contributed by atoms with Gasteiger partial charge in [0.25, 0.3) is 0 Å². The van der Waals surface area contributed by atoms with Crippen LogP contribution in [-0.4, -0.2) is 96.7 Å². The van der Waals surface area contributed by atoms with Gasteiger partial charge in [-0.2, -0.15) is 0 Å². The summed E-state index contributed by atoms with van der Waals surface area (Å²) in [7, 11) is -9.90. The fraction of sp³-hybridized carbons (Fsp3) is 0.879. The number of hydrogen-bond donors (Lipinski definition) is 3. The van der Waals surface area contributed by atoms with E-state index in [2.05, 4.69) is 58.9 Å². The third-order valence-corrected chi connectivity index (χ3v) is 16.6. The van der Waals surface area contributed by atoms with Crippen molar-refractivity contribution in [1.29, 1.82) is 0 Å². The van der Waals surface area contributed by atoms with E-state index in [4.69, 9.17) is 37.0 Å². The number of unbranched alkanes of at least 4 members (excludes halogenated alkanes) is 33. The zero-order valence-electron chi connectivity index (χ0n) is 54.2. The number of rotatable bonds is 64. The third-order valence-electron chi connectivity index (χ3n) is 14.7. The Bertz CT molecular complexity index is 1740. The first-order valence-corrected chi connectivity index (χ1v) is 36.9. The molecule has 3 N–H and O–H groups in total. The molecule has 500 valence electrons. The Balaban J connectivity index is 5.26. The van der Waals surface area contributed by atoms with Crippen LogP contribution in [0.3, 0.4) is 0 Å². The summed E-state index contributed by atoms with van der Waals surface area (Å²) in [5.74, 6) is -1.50. The van der Waals surface area contributed by atoms with Crippen molar-refractivity contribution in [3.05, 3.63) is 24.3 Å². The molecule has 0 amide bonds. The lowest BCUT2D eigenvalue weighted by molar-refractivity contribution is -0.161. The van der Waals surface area contributed by atoms with E-state index in [1.165, 1.54) is 122 Å². The maximum absolute atomic E-state index is 13.0. The molecule has 17 nitrogen and oxygen atoms in total. The zero-order valence-corrected chi connectivity index (χ0v) is 56.0. The molecule has 0 aromatic rings. The average Bonchev–Trinajstić information content (AvgIpc) is 3.54. The molecule has 0 aromatic heterocycles. The molecule has 19 heteroatoms. The number of aliphatic hydroxyl groups excluding tert-OH is 1. The Morgan fingerprint density at radius 3 is 0.965 bits per heavy atom. The Labute approximate surface area is 516 Å². The minimum absolute atomic E-state index is 0.0851. The fourth-order valence-corrected chi connectivity index (χ4v) is 11.0. The summed E-state index contributed by atoms with van der Waals surface area (Å²) in [5, 5.41) is 10.5. The predicted octanol–water partition coefficient (Wildman–Crippen LogP) is 18.1. The molecule has 0 fully saturated rings. The summed E-state index contributed by atoms with van der Waals surface area (Å²) in [6.45, 7) is 7.03. The number of carbonyl (C=O) groups is 4. The zero-order chi connectivity index (χ0) is 62.8. The Morgan fingerprint density at radius 1 is 0.365 bits per heavy atom. The minimum Gasteiger partial charge on any atom is -0.462 e. The number of carbonyl (C=O) groups excluding carboxylic acids is 4. The molecule has 0 aromatic carbocycles. The molecule has 0 spiro atoms. The number of hydrogen-bond acceptors (Lipinski definition) is 15. The van der Waals surface area contributed by atoms with Crippen molar-refractivity contribution < 1.29 is 80.2 Å². The first-order valence-electron chi connectivity index (χ1n) is 34.0. The Kier molecular flexibility index (Phi) is 57.5. The van der Waals surface area contributed by atoms with Crippen LogP contribution in [0.5, 0.6) is 0 Å². The van der Waals surface area contributed by atoms with Gasteiger partial charge in [0.15, 0.2) is 12.2 Å². The largest absolute Gasteiger partial charge is 0.472 e. The van der Waals surface area contributed by atoms with Crippen molar-refractivity contribution in [3.8, 4) is 0 Å². The van der Waals surface area contributed by atoms with Gasteiger partial charge in [-0.15, -0.1) is 0 Å². The maximum atomic E-state index is 13.0. The van der Waals surface area contributed by atoms with Crippen molar-refractivity contribution in [2.45, 2.75) is 329 Å². The van der Waals surface area contributed by atoms with Crippen LogP contribution in [0.2, 0.25) is 0 Å². The number of esters is 4. The van der Waals surface area contributed by atoms with Crippen molar-refractivity contribution in [1.82, 2.24) is 0 Å². The average molecular weight is 1250 g/mol. The molecule has 0 aliphatic rings. The summed E-state index contributed by atoms with van der Waals surface area (Å²) >= 11 is 0. The highest BCUT2D eigenvalue weighted by Crippen LogP contribution is 2.45. The smallest absolute Gasteiger partial charge is 0.462 e. The van der Waals surface area contributed by atoms with Gasteiger partial charge < -0.3 is 33.8 Å². The summed E-state index contributed by atoms with van der Waals surface area (Å²) in [6.07, 6.45) is 46.8. The van der Waals surface area contributed by atoms with Gasteiger partial charge >= 0.3 is 39.5 Å². The monoisotopic (exact) mass is 1250 g/mol. The topological polar surface area (TPSA) is 237 Å². The maximum Gasteiger partial charge on any atom is 0.472 e. The van der Waals surface area contributed by atoms with Crippen LogP contribution in [0.4, 0.5) is 0 Å². The highest BCUT2D eigenvalue weighted by atomic mass is 31.2. The fourth-order valence-electron chi connectivity index (χ4n) is 9.40. The van der Waals surface area contributed by atoms with Gasteiger partial charge in [0.05, 0.1) is 26.4 Å². The molecule has 0 saturated carbocycles. The van der Waals surface area contributed by atoms with Crippen LogP contribution in [0.25, 0.3) is 0 Å². The van der Waals surface area contributed by atoms with Crippen molar-refractivity contribution in [2.75, 3.05) is 39.6 Å². The molecule has 0 bridgehead atoms. The highest BCUT2D eigenvalue weighted by molar-refractivity contribution is 7.47. The lowest BCUT2D eigenvalue weighted by atomic mass is 10.0. The Hall–Kier alpha value is -2.46. The summed E-state index contributed by atoms with van der Waals surface area (Å²) < 4.78 is 68.0. The van der Waals surface area contributed by atoms with Gasteiger partial charge in [-0.3, -0.25) is 37.3 Å². The summed E-state index contributed by atoms with van der Waals surface area (Å²) in [5.41, 5.74) is 0. The van der Waals surface area contributed by atoms with Gasteiger partial charge in [0, 0.05) is 25.7 Å². The van der Waals surface area contributed by atoms with Crippen LogP contribution in [-0.2, 0) is 65.4 Å². The molecule has 0 rings (SSSR count). The molecule has 85 heavy (non-hydrogen) atoms. The van der Waals surface area contributed by atoms with Crippen LogP contribution < -0.4 is 0 Å². The van der Waals surface area contributed by atoms with E-state index < -0.39 is 97.5 Å². The minimum atomic E-state index is -4.95. The molecule has 0 aliphatic carbocycles. The number of phosphoric ester groups is 2. The van der Waals surface area contributed by atoms with E-state index in [1.807, 2.05) is 0 Å². The van der Waals surface area contributed by atoms with Gasteiger partial charge in [-0.25, -0.2) is 9.13 Å². The number of aliphatic hydroxyl groups is 1. The molecular formula is C66H124O17P2. The van der Waals surface area contributed by atoms with E-state index in [1.54, 1.807) is 0 Å². The van der Waals surface area contributed by atoms with E-state index in [9.17, 15) is 43.2 Å². The van der Waals surface area contributed by atoms with Crippen LogP contribution in [0, 0.1) is 5.92 Å². The number of allylic oxidation sites excluding steroid dienone is 4. The van der Waals surface area contributed by atoms with Crippen molar-refractivity contribution in [3.63, 3.8) is 0 Å². The highest BCUT2D eigenvalue weighted by Gasteiger charge is 2.30. The van der Waals surface area contributed by atoms with E-state index in [0.717, 1.165) is 103 Å². The first-order chi connectivity index (χ1) is 41.0. The second-order valence-electron chi connectivity index (χ2n) is 23.6. The molecule has 0 saturated heterocycles. The molecule has 0 heterocycles. The van der Waals surface area contributed by atoms with Gasteiger partial charge in [-0.05, 0) is 57.3 Å². The lowest BCUT2D eigenvalue weighted by Gasteiger charge is -2.21. The van der Waals surface area contributed by atoms with Crippen molar-refractivity contribution >= 4 is 39.5 Å². The van der Waals surface area contributed by atoms with Gasteiger partial charge in [-0.1, -0.05) is 258 Å². The molecule has 0 aliphatic heterocycles. The second kappa shape index (κ2) is 59.2. The normalized spacial score (nSPS) is 14.4. The SMILES string of the molecule is CCCCCC/C=C\C=C/CCCCCCCC(=O)O[C@H](COC(=O)CCCCCCCCCCCCCC)COP(=O)(O)OC[C@@H](O)COP(=O)(O)OC[C@@H](COC(=O)CCCCCCCCCCC)OC(=O)CCCCCCCCC(C)C. The molecule has 2 unspecified atom stereocenters. The third kappa shape index (κ3) is 60.2. The molecular weight excluding hydrogens is 1130 g/mol. The van der Waals surface area contributed by atoms with E-state index >= 15 is 0 Å². The summed E-state index contributed by atoms with van der Waals surface area (Å²) in [4.78, 5) is 72.2. The van der Waals surface area contributed by atoms with Crippen LogP contribution >= 0.6 is 15.6 Å². The van der Waals surface area contributed by atoms with E-state index in [0.29, 0.717) is 31.6 Å². The van der Waals surface area contributed by atoms with Crippen LogP contribution in [0.15, 0.2) is 24.3 Å². The standard InChI is InChI=1S/C66H124O17P2/c1-6-9-12-15-18-21-23-25-26-27-29-32-35-41-46-51-65(70)82-61(55-77-64(69)50-45-40-34-31-28-24-22-19-16-13-10-7-2)57-80-84(72,73)78-53-60(67)54-79-85(74,75)81-58-62(83-66(71)52-47-42-37-36-38-43-48-59(4)5)56-76-63(68)49-44-39-33-30-20-17-14-11-8-3/h21,23,25-26,59-62,67H,6-20,22,24,27-58H2,1-5H3,(H,72,73)(H,74,75)/b23-21-,26-25-/t60-,61-,62-/m1/s1. The van der Waals surface area contributed by atoms with Gasteiger partial charge in [0.1, 0.15) is 19.3 Å². The second-order valence-corrected chi connectivity index (χ2v) is 26.6. The summed E-state index contributed by atoms with van der Waals surface area (Å²) in [6, 6.07) is 0. The van der Waals surface area contributed by atoms with Gasteiger partial charge in [0.2, 0.25) is 0 Å². The van der Waals surface area contributed by atoms with Crippen molar-refractivity contribution in [2.24, 2.45) is 5.92 Å². The first kappa shape index (κ1) is 82.5. The number of ether oxygens (including phenoxy) is 4. The quantitative estimate of drug-likeness (QED) is 0.0169. The van der Waals surface area contributed by atoms with Crippen LogP contribution in [0.1, 0.15) is 311 Å². The predicted molar refractivity (Wildman–Crippen MR) is 340 cm³/mol. The molecule has 5 atom stereocenters. The number of phosphoric acid groups is 2.